The Hall–Kier alpha value is -1.62. The van der Waals surface area contributed by atoms with E-state index in [1.165, 1.54) is 0 Å². The van der Waals surface area contributed by atoms with Gasteiger partial charge >= 0.3 is 0 Å². The molecule has 1 N–H and O–H groups in total. The van der Waals surface area contributed by atoms with Gasteiger partial charge in [-0.1, -0.05) is 28.9 Å². The van der Waals surface area contributed by atoms with E-state index < -0.39 is 0 Å². The van der Waals surface area contributed by atoms with Gasteiger partial charge in [0, 0.05) is 16.5 Å². The van der Waals surface area contributed by atoms with E-state index in [-0.39, 0.29) is 5.91 Å². The Morgan fingerprint density at radius 1 is 1.47 bits per heavy atom. The zero-order valence-corrected chi connectivity index (χ0v) is 12.5. The van der Waals surface area contributed by atoms with Gasteiger partial charge in [-0.05, 0) is 24.6 Å². The fourth-order valence-corrected chi connectivity index (χ4v) is 2.06. The van der Waals surface area contributed by atoms with Gasteiger partial charge in [0.25, 0.3) is 5.91 Å². The molecule has 0 bridgehead atoms. The highest BCUT2D eigenvalue weighted by Crippen LogP contribution is 2.19. The maximum Gasteiger partial charge on any atom is 0.252 e. The molecule has 0 fully saturated rings. The van der Waals surface area contributed by atoms with Crippen molar-refractivity contribution in [3.63, 3.8) is 0 Å². The van der Waals surface area contributed by atoms with E-state index >= 15 is 0 Å². The second-order valence-electron chi connectivity index (χ2n) is 4.17. The average Bonchev–Trinajstić information content (AvgIpc) is 2.87. The number of nitrogens with one attached hydrogen (secondary N) is 1. The molecule has 2 aromatic rings. The first kappa shape index (κ1) is 13.8. The van der Waals surface area contributed by atoms with Crippen LogP contribution in [-0.4, -0.2) is 10.9 Å². The smallest absolute Gasteiger partial charge is 0.252 e. The summed E-state index contributed by atoms with van der Waals surface area (Å²) in [6.07, 6.45) is 2.48. The number of aryl methyl sites for hydroxylation is 1. The highest BCUT2D eigenvalue weighted by molar-refractivity contribution is 9.10. The van der Waals surface area contributed by atoms with Crippen molar-refractivity contribution < 1.29 is 9.21 Å². The molecular weight excluding hydrogens is 308 g/mol. The molecule has 0 radical (unpaired) electrons. The number of oxazole rings is 1. The minimum absolute atomic E-state index is 0.130. The summed E-state index contributed by atoms with van der Waals surface area (Å²) < 4.78 is 6.36. The van der Waals surface area contributed by atoms with Gasteiger partial charge in [0.05, 0.1) is 12.7 Å². The van der Waals surface area contributed by atoms with Crippen LogP contribution >= 0.6 is 15.9 Å². The lowest BCUT2D eigenvalue weighted by Crippen LogP contribution is -2.23. The van der Waals surface area contributed by atoms with Crippen LogP contribution in [0.5, 0.6) is 0 Å². The molecule has 5 heteroatoms. The third kappa shape index (κ3) is 3.23. The van der Waals surface area contributed by atoms with E-state index in [1.807, 2.05) is 26.0 Å². The Labute approximate surface area is 120 Å². The lowest BCUT2D eigenvalue weighted by atomic mass is 10.1. The summed E-state index contributed by atoms with van der Waals surface area (Å²) >= 11 is 3.41. The summed E-state index contributed by atoms with van der Waals surface area (Å²) in [6, 6.07) is 5.54. The molecule has 19 heavy (non-hydrogen) atoms. The number of carbonyl (C=O) groups is 1. The summed E-state index contributed by atoms with van der Waals surface area (Å²) in [5, 5.41) is 2.80. The summed E-state index contributed by atoms with van der Waals surface area (Å²) in [6.45, 7) is 4.19. The van der Waals surface area contributed by atoms with Crippen molar-refractivity contribution in [1.29, 1.82) is 0 Å². The van der Waals surface area contributed by atoms with Gasteiger partial charge in [0.15, 0.2) is 0 Å². The predicted octanol–water partition coefficient (Wildman–Crippen LogP) is 3.24. The van der Waals surface area contributed by atoms with Gasteiger partial charge < -0.3 is 9.73 Å². The number of aromatic nitrogens is 1. The van der Waals surface area contributed by atoms with Crippen molar-refractivity contribution in [3.05, 3.63) is 51.6 Å². The topological polar surface area (TPSA) is 55.1 Å². The fourth-order valence-electron chi connectivity index (χ4n) is 1.70. The molecule has 1 heterocycles. The molecule has 0 aliphatic carbocycles. The van der Waals surface area contributed by atoms with Gasteiger partial charge in [0.2, 0.25) is 5.89 Å². The van der Waals surface area contributed by atoms with E-state index in [1.54, 1.807) is 12.3 Å². The monoisotopic (exact) mass is 322 g/mol. The molecule has 100 valence electrons. The van der Waals surface area contributed by atoms with Crippen LogP contribution in [0.15, 0.2) is 33.3 Å². The molecule has 0 unspecified atom stereocenters. The minimum atomic E-state index is -0.130. The predicted molar refractivity (Wildman–Crippen MR) is 75.9 cm³/mol. The molecule has 2 rings (SSSR count). The number of nitrogens with zero attached hydrogens (tertiary/aromatic N) is 1. The summed E-state index contributed by atoms with van der Waals surface area (Å²) in [7, 11) is 0. The van der Waals surface area contributed by atoms with Crippen LogP contribution in [0, 0.1) is 6.92 Å². The van der Waals surface area contributed by atoms with Gasteiger partial charge in [0.1, 0.15) is 5.76 Å². The SMILES string of the molecule is CCc1cnc(CNC(=O)c2cccc(Br)c2C)o1. The lowest BCUT2D eigenvalue weighted by molar-refractivity contribution is 0.0946. The van der Waals surface area contributed by atoms with Crippen molar-refractivity contribution in [3.8, 4) is 0 Å². The highest BCUT2D eigenvalue weighted by atomic mass is 79.9. The zero-order valence-electron chi connectivity index (χ0n) is 10.9. The van der Waals surface area contributed by atoms with E-state index in [0.717, 1.165) is 22.2 Å². The van der Waals surface area contributed by atoms with E-state index in [0.29, 0.717) is 18.0 Å². The number of hydrogen-bond acceptors (Lipinski definition) is 3. The summed E-state index contributed by atoms with van der Waals surface area (Å²) in [4.78, 5) is 16.2. The first-order chi connectivity index (χ1) is 9.11. The van der Waals surface area contributed by atoms with Crippen LogP contribution in [0.1, 0.15) is 34.5 Å². The van der Waals surface area contributed by atoms with Crippen LogP contribution in [0.4, 0.5) is 0 Å². The normalized spacial score (nSPS) is 10.5. The maximum atomic E-state index is 12.1. The Morgan fingerprint density at radius 2 is 2.26 bits per heavy atom. The molecule has 0 spiro atoms. The van der Waals surface area contributed by atoms with E-state index in [2.05, 4.69) is 26.2 Å². The maximum absolute atomic E-state index is 12.1. The number of amides is 1. The number of carbonyl (C=O) groups excluding carboxylic acids is 1. The third-order valence-electron chi connectivity index (χ3n) is 2.86. The minimum Gasteiger partial charge on any atom is -0.444 e. The quantitative estimate of drug-likeness (QED) is 0.940. The van der Waals surface area contributed by atoms with Crippen LogP contribution in [0.2, 0.25) is 0 Å². The van der Waals surface area contributed by atoms with Crippen LogP contribution < -0.4 is 5.32 Å². The zero-order chi connectivity index (χ0) is 13.8. The first-order valence-electron chi connectivity index (χ1n) is 6.08. The average molecular weight is 323 g/mol. The molecule has 0 atom stereocenters. The molecule has 0 saturated heterocycles. The van der Waals surface area contributed by atoms with Crippen LogP contribution in [0.3, 0.4) is 0 Å². The fraction of sp³-hybridized carbons (Fsp3) is 0.286. The largest absolute Gasteiger partial charge is 0.444 e. The van der Waals surface area contributed by atoms with Crippen molar-refractivity contribution in [2.45, 2.75) is 26.8 Å². The van der Waals surface area contributed by atoms with Gasteiger partial charge in [-0.3, -0.25) is 4.79 Å². The number of hydrogen-bond donors (Lipinski definition) is 1. The van der Waals surface area contributed by atoms with E-state index in [4.69, 9.17) is 4.42 Å². The molecule has 0 aliphatic rings. The third-order valence-corrected chi connectivity index (χ3v) is 3.72. The number of benzene rings is 1. The molecule has 4 nitrogen and oxygen atoms in total. The van der Waals surface area contributed by atoms with Crippen molar-refractivity contribution in [2.24, 2.45) is 0 Å². The summed E-state index contributed by atoms with van der Waals surface area (Å²) in [5.74, 6) is 1.22. The molecule has 0 saturated carbocycles. The van der Waals surface area contributed by atoms with Crippen molar-refractivity contribution in [2.75, 3.05) is 0 Å². The molecule has 1 aromatic heterocycles. The second-order valence-corrected chi connectivity index (χ2v) is 5.02. The standard InChI is InChI=1S/C14H15BrN2O2/c1-3-10-7-16-13(19-10)8-17-14(18)11-5-4-6-12(15)9(11)2/h4-7H,3,8H2,1-2H3,(H,17,18). The molecule has 1 aromatic carbocycles. The highest BCUT2D eigenvalue weighted by Gasteiger charge is 2.11. The molecule has 0 aliphatic heterocycles. The molecular formula is C14H15BrN2O2. The van der Waals surface area contributed by atoms with Gasteiger partial charge in [-0.25, -0.2) is 4.98 Å². The van der Waals surface area contributed by atoms with Gasteiger partial charge in [-0.2, -0.15) is 0 Å². The Morgan fingerprint density at radius 3 is 2.95 bits per heavy atom. The Kier molecular flexibility index (Phi) is 4.37. The Balaban J connectivity index is 2.03. The molecule has 1 amide bonds. The number of rotatable bonds is 4. The lowest BCUT2D eigenvalue weighted by Gasteiger charge is -2.07. The van der Waals surface area contributed by atoms with Crippen LogP contribution in [-0.2, 0) is 13.0 Å². The summed E-state index contributed by atoms with van der Waals surface area (Å²) in [5.41, 5.74) is 1.57. The Bertz CT molecular complexity index is 593. The number of halogens is 1. The first-order valence-corrected chi connectivity index (χ1v) is 6.88. The second kappa shape index (κ2) is 6.02. The van der Waals surface area contributed by atoms with Gasteiger partial charge in [-0.15, -0.1) is 0 Å². The van der Waals surface area contributed by atoms with E-state index in [9.17, 15) is 4.79 Å². The van der Waals surface area contributed by atoms with Crippen molar-refractivity contribution >= 4 is 21.8 Å². The van der Waals surface area contributed by atoms with Crippen LogP contribution in [0.25, 0.3) is 0 Å². The van der Waals surface area contributed by atoms with Crippen molar-refractivity contribution in [1.82, 2.24) is 10.3 Å².